The molecule has 0 aliphatic heterocycles. The second-order valence-corrected chi connectivity index (χ2v) is 11.1. The molecule has 0 saturated carbocycles. The molecule has 0 fully saturated rings. The van der Waals surface area contributed by atoms with Crippen molar-refractivity contribution in [3.8, 4) is 17.0 Å². The molecule has 0 spiro atoms. The Morgan fingerprint density at radius 1 is 0.959 bits per heavy atom. The van der Waals surface area contributed by atoms with Gasteiger partial charge in [-0.2, -0.15) is 24.9 Å². The van der Waals surface area contributed by atoms with Crippen LogP contribution in [0.15, 0.2) is 85.1 Å². The summed E-state index contributed by atoms with van der Waals surface area (Å²) in [5.41, 5.74) is 3.76. The van der Waals surface area contributed by atoms with Gasteiger partial charge in [-0.25, -0.2) is 0 Å². The summed E-state index contributed by atoms with van der Waals surface area (Å²) in [4.78, 5) is 39.2. The molecule has 1 heterocycles. The van der Waals surface area contributed by atoms with Crippen molar-refractivity contribution < 1.29 is 42.1 Å². The molecule has 1 aromatic heterocycles. The van der Waals surface area contributed by atoms with E-state index in [0.717, 1.165) is 48.9 Å². The summed E-state index contributed by atoms with van der Waals surface area (Å²) in [6.07, 6.45) is -0.528. The normalized spacial score (nSPS) is 10.5. The number of thioether (sulfide) groups is 1. The third-order valence-electron chi connectivity index (χ3n) is 6.46. The lowest BCUT2D eigenvalue weighted by molar-refractivity contribution is -0.137. The van der Waals surface area contributed by atoms with Crippen molar-refractivity contribution in [2.45, 2.75) is 24.9 Å². The second-order valence-electron chi connectivity index (χ2n) is 10.0. The quantitative estimate of drug-likeness (QED) is 0.0919. The number of rotatable bonds is 15. The molecule has 4 aromatic rings. The van der Waals surface area contributed by atoms with Crippen LogP contribution in [-0.4, -0.2) is 68.8 Å². The third-order valence-corrected chi connectivity index (χ3v) is 7.53. The van der Waals surface area contributed by atoms with Crippen LogP contribution < -0.4 is 15.4 Å². The van der Waals surface area contributed by atoms with Crippen LogP contribution in [0.5, 0.6) is 5.75 Å². The number of benzene rings is 3. The van der Waals surface area contributed by atoms with Gasteiger partial charge in [0.15, 0.2) is 0 Å². The molecular formula is C36H40F3N3O6S. The van der Waals surface area contributed by atoms with Crippen LogP contribution in [0.25, 0.3) is 11.3 Å². The van der Waals surface area contributed by atoms with Crippen molar-refractivity contribution in [1.82, 2.24) is 10.3 Å². The molecule has 0 unspecified atom stereocenters. The van der Waals surface area contributed by atoms with Gasteiger partial charge >= 0.3 is 6.18 Å². The number of aldehydes is 2. The zero-order valence-electron chi connectivity index (χ0n) is 27.5. The Labute approximate surface area is 288 Å². The van der Waals surface area contributed by atoms with Crippen LogP contribution in [-0.2, 0) is 28.0 Å². The number of methoxy groups -OCH3 is 1. The lowest BCUT2D eigenvalue weighted by Gasteiger charge is -2.14. The molecule has 1 amide bonds. The minimum absolute atomic E-state index is 0.263. The molecule has 3 aromatic carbocycles. The number of hydrogen-bond donors (Lipinski definition) is 3. The van der Waals surface area contributed by atoms with E-state index in [-0.39, 0.29) is 5.91 Å². The number of ether oxygens (including phenoxy) is 2. The predicted octanol–water partition coefficient (Wildman–Crippen LogP) is 6.69. The van der Waals surface area contributed by atoms with E-state index in [1.807, 2.05) is 18.2 Å². The number of carbonyl (C=O) groups is 3. The number of halogens is 3. The van der Waals surface area contributed by atoms with Crippen LogP contribution in [0, 0.1) is 0 Å². The number of nitrogens with zero attached hydrogens (tertiary/aromatic N) is 1. The van der Waals surface area contributed by atoms with E-state index < -0.39 is 11.7 Å². The molecular weight excluding hydrogens is 659 g/mol. The van der Waals surface area contributed by atoms with Crippen LogP contribution >= 0.6 is 11.8 Å². The topological polar surface area (TPSA) is 127 Å². The highest BCUT2D eigenvalue weighted by molar-refractivity contribution is 7.98. The third kappa shape index (κ3) is 14.2. The Kier molecular flexibility index (Phi) is 18.4. The number of carbonyl (C=O) groups excluding carboxylic acids is 3. The molecule has 0 radical (unpaired) electrons. The first-order chi connectivity index (χ1) is 23.7. The van der Waals surface area contributed by atoms with Crippen LogP contribution in [0.2, 0.25) is 0 Å². The lowest BCUT2D eigenvalue weighted by Crippen LogP contribution is -2.13. The zero-order chi connectivity index (χ0) is 36.1. The molecule has 4 rings (SSSR count). The van der Waals surface area contributed by atoms with Gasteiger partial charge in [0.2, 0.25) is 0 Å². The van der Waals surface area contributed by atoms with E-state index in [9.17, 15) is 27.6 Å². The number of amides is 1. The standard InChI is InChI=1S/C26H26N2O5S.C9H10F3N.CH4O/c1-32-11-12-33-22-6-7-24(23(16-22)25-15-19(17-30)8-9-27-25)28-26(31)21-5-2-4-20(14-21)18-34-13-3-10-29;1-13-6-7-3-2-4-8(5-7)9(10,11)12;1-2/h2,4-10,14-17H,3,11-13,18H2,1H3,(H,28,31);2-5,13H,6H2,1H3;2H,1H3. The predicted molar refractivity (Wildman–Crippen MR) is 186 cm³/mol. The fourth-order valence-electron chi connectivity index (χ4n) is 4.22. The van der Waals surface area contributed by atoms with Crippen LogP contribution in [0.1, 0.15) is 43.8 Å². The number of hydrogen-bond acceptors (Lipinski definition) is 9. The largest absolute Gasteiger partial charge is 0.491 e. The average Bonchev–Trinajstić information content (AvgIpc) is 3.12. The van der Waals surface area contributed by atoms with Gasteiger partial charge in [0, 0.05) is 61.6 Å². The monoisotopic (exact) mass is 699 g/mol. The van der Waals surface area contributed by atoms with Gasteiger partial charge < -0.3 is 30.0 Å². The van der Waals surface area contributed by atoms with E-state index in [0.29, 0.717) is 65.6 Å². The van der Waals surface area contributed by atoms with Gasteiger partial charge in [0.25, 0.3) is 5.91 Å². The number of nitrogens with one attached hydrogen (secondary N) is 2. The van der Waals surface area contributed by atoms with Gasteiger partial charge in [-0.1, -0.05) is 30.3 Å². The number of aromatic nitrogens is 1. The molecule has 3 N–H and O–H groups in total. The van der Waals surface area contributed by atoms with Crippen molar-refractivity contribution in [2.75, 3.05) is 45.6 Å². The SMILES string of the molecule is CNCc1cccc(C(F)(F)F)c1.CO.COCCOc1ccc(NC(=O)c2cccc(CSCCC=O)c2)c(-c2cc(C=O)ccn2)c1. The Hall–Kier alpha value is -4.56. The summed E-state index contributed by atoms with van der Waals surface area (Å²) in [5, 5.41) is 12.8. The number of aliphatic hydroxyl groups excluding tert-OH is 1. The van der Waals surface area contributed by atoms with Gasteiger partial charge in [-0.3, -0.25) is 14.6 Å². The fraction of sp³-hybridized carbons (Fsp3) is 0.278. The first-order valence-corrected chi connectivity index (χ1v) is 16.2. The molecule has 0 bridgehead atoms. The van der Waals surface area contributed by atoms with E-state index in [1.54, 1.807) is 74.6 Å². The molecule has 9 nitrogen and oxygen atoms in total. The minimum Gasteiger partial charge on any atom is -0.491 e. The Morgan fingerprint density at radius 3 is 2.41 bits per heavy atom. The van der Waals surface area contributed by atoms with Crippen molar-refractivity contribution >= 4 is 35.9 Å². The van der Waals surface area contributed by atoms with Crippen molar-refractivity contribution in [3.63, 3.8) is 0 Å². The van der Waals surface area contributed by atoms with E-state index in [1.165, 1.54) is 6.07 Å². The minimum atomic E-state index is -4.25. The molecule has 49 heavy (non-hydrogen) atoms. The Bertz CT molecular complexity index is 1620. The maximum absolute atomic E-state index is 13.1. The van der Waals surface area contributed by atoms with Crippen molar-refractivity contribution in [3.05, 3.63) is 113 Å². The first-order valence-electron chi connectivity index (χ1n) is 15.0. The molecule has 0 saturated heterocycles. The summed E-state index contributed by atoms with van der Waals surface area (Å²) in [6.45, 7) is 1.27. The van der Waals surface area contributed by atoms with Gasteiger partial charge in [-0.15, -0.1) is 0 Å². The molecule has 0 atom stereocenters. The Balaban J connectivity index is 0.000000464. The summed E-state index contributed by atoms with van der Waals surface area (Å²) >= 11 is 1.65. The maximum Gasteiger partial charge on any atom is 0.416 e. The van der Waals surface area contributed by atoms with E-state index in [4.69, 9.17) is 14.6 Å². The maximum atomic E-state index is 13.1. The zero-order valence-corrected chi connectivity index (χ0v) is 28.3. The smallest absolute Gasteiger partial charge is 0.416 e. The summed E-state index contributed by atoms with van der Waals surface area (Å²) in [6, 6.07) is 21.3. The van der Waals surface area contributed by atoms with Crippen LogP contribution in [0.4, 0.5) is 18.9 Å². The summed E-state index contributed by atoms with van der Waals surface area (Å²) < 4.78 is 47.3. The van der Waals surface area contributed by atoms with E-state index >= 15 is 0 Å². The number of pyridine rings is 1. The van der Waals surface area contributed by atoms with Gasteiger partial charge in [0.1, 0.15) is 24.9 Å². The molecule has 0 aliphatic carbocycles. The summed E-state index contributed by atoms with van der Waals surface area (Å²) in [5.74, 6) is 1.80. The second kappa shape index (κ2) is 22.1. The number of aliphatic hydroxyl groups is 1. The average molecular weight is 700 g/mol. The van der Waals surface area contributed by atoms with Gasteiger partial charge in [-0.05, 0) is 66.7 Å². The Morgan fingerprint density at radius 2 is 1.71 bits per heavy atom. The van der Waals surface area contributed by atoms with E-state index in [2.05, 4.69) is 15.6 Å². The lowest BCUT2D eigenvalue weighted by atomic mass is 10.1. The fourth-order valence-corrected chi connectivity index (χ4v) is 5.05. The van der Waals surface area contributed by atoms with Crippen LogP contribution in [0.3, 0.4) is 0 Å². The molecule has 0 aliphatic rings. The first kappa shape index (κ1) is 40.6. The highest BCUT2D eigenvalue weighted by Crippen LogP contribution is 2.32. The highest BCUT2D eigenvalue weighted by Gasteiger charge is 2.30. The molecule has 262 valence electrons. The molecule has 13 heteroatoms. The van der Waals surface area contributed by atoms with Gasteiger partial charge in [0.05, 0.1) is 23.6 Å². The van der Waals surface area contributed by atoms with Crippen molar-refractivity contribution in [1.29, 1.82) is 0 Å². The highest BCUT2D eigenvalue weighted by atomic mass is 32.2. The number of alkyl halides is 3. The summed E-state index contributed by atoms with van der Waals surface area (Å²) in [7, 11) is 4.29. The van der Waals surface area contributed by atoms with Crippen molar-refractivity contribution in [2.24, 2.45) is 0 Å². The number of anilines is 1.